The molecule has 0 aliphatic rings. The molecule has 1 N–H and O–H groups in total. The van der Waals surface area contributed by atoms with Gasteiger partial charge < -0.3 is 10.1 Å². The van der Waals surface area contributed by atoms with E-state index in [-0.39, 0.29) is 5.91 Å². The molecule has 0 fully saturated rings. The quantitative estimate of drug-likeness (QED) is 0.246. The van der Waals surface area contributed by atoms with E-state index in [9.17, 15) is 9.59 Å². The van der Waals surface area contributed by atoms with Gasteiger partial charge in [-0.15, -0.1) is 11.3 Å². The van der Waals surface area contributed by atoms with Crippen LogP contribution in [-0.4, -0.2) is 29.1 Å². The van der Waals surface area contributed by atoms with Gasteiger partial charge in [-0.25, -0.2) is 9.78 Å². The van der Waals surface area contributed by atoms with Gasteiger partial charge in [0.25, 0.3) is 5.91 Å². The highest BCUT2D eigenvalue weighted by atomic mass is 35.5. The van der Waals surface area contributed by atoms with Crippen LogP contribution >= 0.6 is 22.9 Å². The Morgan fingerprint density at radius 2 is 1.69 bits per heavy atom. The summed E-state index contributed by atoms with van der Waals surface area (Å²) in [6, 6.07) is 20.3. The van der Waals surface area contributed by atoms with Crippen molar-refractivity contribution in [2.45, 2.75) is 46.6 Å². The van der Waals surface area contributed by atoms with Crippen LogP contribution in [0, 0.1) is 13.8 Å². The van der Waals surface area contributed by atoms with Crippen LogP contribution in [0.3, 0.4) is 0 Å². The third-order valence-corrected chi connectivity index (χ3v) is 6.96. The molecule has 39 heavy (non-hydrogen) atoms. The third-order valence-electron chi connectivity index (χ3n) is 5.88. The molecule has 202 valence electrons. The van der Waals surface area contributed by atoms with Crippen molar-refractivity contribution in [1.29, 1.82) is 0 Å². The third kappa shape index (κ3) is 7.68. The van der Waals surface area contributed by atoms with Crippen molar-refractivity contribution in [3.63, 3.8) is 0 Å². The fourth-order valence-corrected chi connectivity index (χ4v) is 4.81. The summed E-state index contributed by atoms with van der Waals surface area (Å²) in [7, 11) is 0. The van der Waals surface area contributed by atoms with Gasteiger partial charge in [-0.3, -0.25) is 9.69 Å². The van der Waals surface area contributed by atoms with Crippen molar-refractivity contribution < 1.29 is 14.3 Å². The van der Waals surface area contributed by atoms with Gasteiger partial charge in [0.15, 0.2) is 0 Å². The number of rotatable bonds is 7. The number of anilines is 2. The van der Waals surface area contributed by atoms with E-state index in [0.29, 0.717) is 34.9 Å². The number of hydrogen-bond donors (Lipinski definition) is 1. The highest BCUT2D eigenvalue weighted by Crippen LogP contribution is 2.28. The maximum absolute atomic E-state index is 13.3. The molecule has 0 atom stereocenters. The van der Waals surface area contributed by atoms with Gasteiger partial charge >= 0.3 is 6.09 Å². The smallest absolute Gasteiger partial charge is 0.414 e. The minimum atomic E-state index is -0.629. The van der Waals surface area contributed by atoms with Crippen molar-refractivity contribution in [3.05, 3.63) is 99.0 Å². The summed E-state index contributed by atoms with van der Waals surface area (Å²) in [5.41, 5.74) is 4.94. The largest absolute Gasteiger partial charge is 0.443 e. The summed E-state index contributed by atoms with van der Waals surface area (Å²) in [6.07, 6.45) is 0.168. The number of thiazole rings is 1. The zero-order chi connectivity index (χ0) is 28.2. The zero-order valence-corrected chi connectivity index (χ0v) is 24.3. The highest BCUT2D eigenvalue weighted by molar-refractivity contribution is 7.09. The van der Waals surface area contributed by atoms with Crippen LogP contribution < -0.4 is 10.2 Å². The summed E-state index contributed by atoms with van der Waals surface area (Å²) in [4.78, 5) is 32.5. The van der Waals surface area contributed by atoms with E-state index >= 15 is 0 Å². The molecule has 0 saturated carbocycles. The number of nitrogens with one attached hydrogen (secondary N) is 1. The van der Waals surface area contributed by atoms with Crippen molar-refractivity contribution in [1.82, 2.24) is 4.98 Å². The summed E-state index contributed by atoms with van der Waals surface area (Å²) in [5, 5.41) is 6.62. The number of aryl methyl sites for hydroxylation is 2. The van der Waals surface area contributed by atoms with Crippen molar-refractivity contribution in [3.8, 4) is 11.1 Å². The zero-order valence-electron chi connectivity index (χ0n) is 22.7. The highest BCUT2D eigenvalue weighted by Gasteiger charge is 2.24. The average molecular weight is 562 g/mol. The fraction of sp³-hybridized carbons (Fsp3) is 0.258. The topological polar surface area (TPSA) is 71.5 Å². The lowest BCUT2D eigenvalue weighted by Gasteiger charge is -2.27. The van der Waals surface area contributed by atoms with Crippen LogP contribution in [0.4, 0.5) is 16.2 Å². The first-order valence-corrected chi connectivity index (χ1v) is 13.9. The number of aromatic nitrogens is 1. The Morgan fingerprint density at radius 1 is 1.00 bits per heavy atom. The summed E-state index contributed by atoms with van der Waals surface area (Å²) >= 11 is 7.65. The number of nitrogens with zero attached hydrogens (tertiary/aromatic N) is 2. The summed E-state index contributed by atoms with van der Waals surface area (Å²) in [6.45, 7) is 9.89. The molecule has 0 unspecified atom stereocenters. The van der Waals surface area contributed by atoms with Crippen LogP contribution in [0.2, 0.25) is 5.02 Å². The Hall–Kier alpha value is -3.68. The lowest BCUT2D eigenvalue weighted by atomic mass is 9.97. The molecule has 8 heteroatoms. The maximum atomic E-state index is 13.3. The minimum absolute atomic E-state index is 0.226. The predicted octanol–water partition coefficient (Wildman–Crippen LogP) is 8.32. The van der Waals surface area contributed by atoms with Crippen molar-refractivity contribution >= 4 is 46.3 Å². The molecular formula is C31H32ClN3O3S. The molecule has 0 saturated heterocycles. The van der Waals surface area contributed by atoms with Crippen LogP contribution in [0.15, 0.2) is 72.1 Å². The van der Waals surface area contributed by atoms with E-state index < -0.39 is 11.7 Å². The number of ether oxygens (including phenoxy) is 1. The molecule has 4 rings (SSSR count). The normalized spacial score (nSPS) is 11.2. The number of amides is 2. The van der Waals surface area contributed by atoms with Crippen LogP contribution in [0.25, 0.3) is 11.1 Å². The van der Waals surface area contributed by atoms with Gasteiger partial charge in [0.1, 0.15) is 5.60 Å². The van der Waals surface area contributed by atoms with E-state index in [1.807, 2.05) is 82.5 Å². The van der Waals surface area contributed by atoms with E-state index in [1.54, 1.807) is 40.5 Å². The van der Waals surface area contributed by atoms with Crippen LogP contribution in [0.1, 0.15) is 47.4 Å². The van der Waals surface area contributed by atoms with Gasteiger partial charge in [0, 0.05) is 40.3 Å². The lowest BCUT2D eigenvalue weighted by molar-refractivity contribution is 0.0580. The van der Waals surface area contributed by atoms with E-state index in [0.717, 1.165) is 27.4 Å². The lowest BCUT2D eigenvalue weighted by Crippen LogP contribution is -2.38. The second kappa shape index (κ2) is 12.0. The first-order chi connectivity index (χ1) is 18.5. The standard InChI is InChI=1S/C31H32ClN3O3S/c1-20-6-15-27(28(18-20)22-7-9-23(32)10-8-22)29(36)34-24-11-13-26(14-12-24)35(30(37)38-31(3,4)5)17-16-25-19-39-21(2)33-25/h6-15,18-19H,16-17H2,1-5H3,(H,34,36). The molecule has 1 heterocycles. The Balaban J connectivity index is 1.53. The molecule has 6 nitrogen and oxygen atoms in total. The van der Waals surface area contributed by atoms with Crippen molar-refractivity contribution in [2.75, 3.05) is 16.8 Å². The maximum Gasteiger partial charge on any atom is 0.414 e. The Labute approximate surface area is 238 Å². The molecule has 1 aromatic heterocycles. The van der Waals surface area contributed by atoms with E-state index in [4.69, 9.17) is 16.3 Å². The van der Waals surface area contributed by atoms with Gasteiger partial charge in [-0.05, 0) is 88.2 Å². The van der Waals surface area contributed by atoms with E-state index in [1.165, 1.54) is 0 Å². The summed E-state index contributed by atoms with van der Waals surface area (Å²) in [5.74, 6) is -0.226. The number of carbonyl (C=O) groups excluding carboxylic acids is 2. The Kier molecular flexibility index (Phi) is 8.73. The van der Waals surface area contributed by atoms with Crippen LogP contribution in [0.5, 0.6) is 0 Å². The second-order valence-electron chi connectivity index (χ2n) is 10.3. The van der Waals surface area contributed by atoms with Gasteiger partial charge in [-0.1, -0.05) is 41.4 Å². The SMILES string of the molecule is Cc1ccc(C(=O)Nc2ccc(N(CCc3csc(C)n3)C(=O)OC(C)(C)C)cc2)c(-c2ccc(Cl)cc2)c1. The average Bonchev–Trinajstić information content (AvgIpc) is 3.29. The number of halogens is 1. The van der Waals surface area contributed by atoms with E-state index in [2.05, 4.69) is 10.3 Å². The molecule has 0 radical (unpaired) electrons. The van der Waals surface area contributed by atoms with Gasteiger partial charge in [0.2, 0.25) is 0 Å². The first-order valence-electron chi connectivity index (χ1n) is 12.7. The molecule has 0 bridgehead atoms. The fourth-order valence-electron chi connectivity index (χ4n) is 4.04. The Bertz CT molecular complexity index is 1460. The molecule has 2 amide bonds. The molecule has 0 spiro atoms. The first kappa shape index (κ1) is 28.3. The van der Waals surface area contributed by atoms with Crippen molar-refractivity contribution in [2.24, 2.45) is 0 Å². The predicted molar refractivity (Wildman–Crippen MR) is 160 cm³/mol. The molecule has 0 aliphatic heterocycles. The molecule has 0 aliphatic carbocycles. The minimum Gasteiger partial charge on any atom is -0.443 e. The monoisotopic (exact) mass is 561 g/mol. The molecular weight excluding hydrogens is 530 g/mol. The second-order valence-corrected chi connectivity index (χ2v) is 11.8. The number of hydrogen-bond acceptors (Lipinski definition) is 5. The van der Waals surface area contributed by atoms with Gasteiger partial charge in [-0.2, -0.15) is 0 Å². The molecule has 4 aromatic rings. The number of carbonyl (C=O) groups is 2. The van der Waals surface area contributed by atoms with Crippen LogP contribution in [-0.2, 0) is 11.2 Å². The number of benzene rings is 3. The molecule has 3 aromatic carbocycles. The summed E-state index contributed by atoms with van der Waals surface area (Å²) < 4.78 is 5.66. The Morgan fingerprint density at radius 3 is 2.31 bits per heavy atom. The van der Waals surface area contributed by atoms with Gasteiger partial charge in [0.05, 0.1) is 10.7 Å².